The highest BCUT2D eigenvalue weighted by Gasteiger charge is 2.12. The van der Waals surface area contributed by atoms with Crippen LogP contribution in [0.3, 0.4) is 0 Å². The number of fused-ring (bicyclic) bond motifs is 1. The summed E-state index contributed by atoms with van der Waals surface area (Å²) in [6.07, 6.45) is 2.62. The van der Waals surface area contributed by atoms with Gasteiger partial charge in [-0.3, -0.25) is 0 Å². The third kappa shape index (κ3) is 2.15. The summed E-state index contributed by atoms with van der Waals surface area (Å²) in [4.78, 5) is 2.98. The van der Waals surface area contributed by atoms with Crippen molar-refractivity contribution >= 4 is 34.9 Å². The van der Waals surface area contributed by atoms with E-state index >= 15 is 0 Å². The van der Waals surface area contributed by atoms with Crippen LogP contribution in [0.5, 0.6) is 0 Å². The first-order valence-electron chi connectivity index (χ1n) is 5.24. The maximum absolute atomic E-state index is 13.3. The van der Waals surface area contributed by atoms with Crippen molar-refractivity contribution < 1.29 is 4.39 Å². The number of aromatic amines is 1. The standard InChI is InChI=1S/C12H12ClFN2S/c1-3-4-7(2)16-11-5-8(13)9(14)6-10(11)15-12(16)17/h3,5-7H,1,4H2,2H3,(H,15,17). The first kappa shape index (κ1) is 12.3. The lowest BCUT2D eigenvalue weighted by molar-refractivity contribution is 0.563. The van der Waals surface area contributed by atoms with Gasteiger partial charge in [-0.1, -0.05) is 17.7 Å². The van der Waals surface area contributed by atoms with E-state index in [1.807, 2.05) is 17.6 Å². The molecule has 0 aliphatic rings. The van der Waals surface area contributed by atoms with Crippen LogP contribution in [-0.2, 0) is 0 Å². The lowest BCUT2D eigenvalue weighted by Crippen LogP contribution is -2.03. The second-order valence-corrected chi connectivity index (χ2v) is 4.75. The molecule has 2 nitrogen and oxygen atoms in total. The molecule has 0 aliphatic heterocycles. The van der Waals surface area contributed by atoms with Crippen LogP contribution in [0, 0.1) is 10.6 Å². The Bertz CT molecular complexity index is 629. The van der Waals surface area contributed by atoms with Gasteiger partial charge in [0.15, 0.2) is 4.77 Å². The molecular formula is C12H12ClFN2S. The summed E-state index contributed by atoms with van der Waals surface area (Å²) in [7, 11) is 0. The fourth-order valence-electron chi connectivity index (χ4n) is 1.90. The number of H-pyrrole nitrogens is 1. The SMILES string of the molecule is C=CCC(C)n1c(=S)[nH]c2cc(F)c(Cl)cc21. The second kappa shape index (κ2) is 4.63. The molecule has 17 heavy (non-hydrogen) atoms. The predicted molar refractivity (Wildman–Crippen MR) is 71.6 cm³/mol. The summed E-state index contributed by atoms with van der Waals surface area (Å²) in [5.41, 5.74) is 1.48. The number of hydrogen-bond donors (Lipinski definition) is 1. The average Bonchev–Trinajstić information content (AvgIpc) is 2.55. The smallest absolute Gasteiger partial charge is 0.178 e. The normalized spacial score (nSPS) is 12.9. The van der Waals surface area contributed by atoms with Gasteiger partial charge in [0.1, 0.15) is 5.82 Å². The Morgan fingerprint density at radius 1 is 1.65 bits per heavy atom. The molecule has 0 amide bonds. The van der Waals surface area contributed by atoms with Crippen LogP contribution < -0.4 is 0 Å². The van der Waals surface area contributed by atoms with Crippen LogP contribution in [-0.4, -0.2) is 9.55 Å². The quantitative estimate of drug-likeness (QED) is 0.637. The molecule has 0 fully saturated rings. The number of halogens is 2. The van der Waals surface area contributed by atoms with E-state index in [0.29, 0.717) is 10.3 Å². The number of imidazole rings is 1. The Morgan fingerprint density at radius 2 is 2.35 bits per heavy atom. The van der Waals surface area contributed by atoms with Crippen molar-refractivity contribution in [2.75, 3.05) is 0 Å². The lowest BCUT2D eigenvalue weighted by Gasteiger charge is -2.12. The molecule has 2 rings (SSSR count). The molecule has 90 valence electrons. The van der Waals surface area contributed by atoms with E-state index in [-0.39, 0.29) is 11.1 Å². The minimum atomic E-state index is -0.445. The molecule has 0 aliphatic carbocycles. The highest BCUT2D eigenvalue weighted by molar-refractivity contribution is 7.71. The van der Waals surface area contributed by atoms with Crippen LogP contribution in [0.25, 0.3) is 11.0 Å². The van der Waals surface area contributed by atoms with Crippen molar-refractivity contribution in [3.05, 3.63) is 40.4 Å². The monoisotopic (exact) mass is 270 g/mol. The second-order valence-electron chi connectivity index (χ2n) is 3.96. The average molecular weight is 271 g/mol. The Balaban J connectivity index is 2.70. The minimum Gasteiger partial charge on any atom is -0.330 e. The van der Waals surface area contributed by atoms with E-state index in [9.17, 15) is 4.39 Å². The highest BCUT2D eigenvalue weighted by Crippen LogP contribution is 2.26. The Hall–Kier alpha value is -1.13. The van der Waals surface area contributed by atoms with Crippen molar-refractivity contribution in [1.29, 1.82) is 0 Å². The van der Waals surface area contributed by atoms with Gasteiger partial charge < -0.3 is 9.55 Å². The zero-order valence-corrected chi connectivity index (χ0v) is 10.9. The van der Waals surface area contributed by atoms with E-state index in [0.717, 1.165) is 11.9 Å². The van der Waals surface area contributed by atoms with Crippen molar-refractivity contribution in [2.24, 2.45) is 0 Å². The summed E-state index contributed by atoms with van der Waals surface area (Å²) in [5, 5.41) is 0.103. The van der Waals surface area contributed by atoms with E-state index in [4.69, 9.17) is 23.8 Å². The third-order valence-corrected chi connectivity index (χ3v) is 3.30. The van der Waals surface area contributed by atoms with Gasteiger partial charge in [0.05, 0.1) is 16.1 Å². The van der Waals surface area contributed by atoms with Crippen LogP contribution in [0.4, 0.5) is 4.39 Å². The number of allylic oxidation sites excluding steroid dienone is 1. The first-order chi connectivity index (χ1) is 8.04. The molecule has 1 heterocycles. The molecule has 2 aromatic rings. The van der Waals surface area contributed by atoms with Crippen molar-refractivity contribution in [1.82, 2.24) is 9.55 Å². The zero-order chi connectivity index (χ0) is 12.6. The molecule has 0 saturated heterocycles. The largest absolute Gasteiger partial charge is 0.330 e. The van der Waals surface area contributed by atoms with Crippen LogP contribution >= 0.6 is 23.8 Å². The zero-order valence-electron chi connectivity index (χ0n) is 9.34. The fraction of sp³-hybridized carbons (Fsp3) is 0.250. The molecular weight excluding hydrogens is 259 g/mol. The van der Waals surface area contributed by atoms with E-state index in [1.54, 1.807) is 6.07 Å². The Morgan fingerprint density at radius 3 is 3.00 bits per heavy atom. The minimum absolute atomic E-state index is 0.103. The molecule has 1 unspecified atom stereocenters. The van der Waals surface area contributed by atoms with Gasteiger partial charge >= 0.3 is 0 Å². The molecule has 1 aromatic carbocycles. The summed E-state index contributed by atoms with van der Waals surface area (Å²) >= 11 is 11.0. The van der Waals surface area contributed by atoms with Crippen LogP contribution in [0.15, 0.2) is 24.8 Å². The predicted octanol–water partition coefficient (Wildman–Crippen LogP) is 4.63. The molecule has 0 bridgehead atoms. The molecule has 5 heteroatoms. The maximum atomic E-state index is 13.3. The fourth-order valence-corrected chi connectivity index (χ4v) is 2.45. The summed E-state index contributed by atoms with van der Waals surface area (Å²) in [6, 6.07) is 3.12. The van der Waals surface area contributed by atoms with Gasteiger partial charge in [0.2, 0.25) is 0 Å². The molecule has 0 radical (unpaired) electrons. The highest BCUT2D eigenvalue weighted by atomic mass is 35.5. The van der Waals surface area contributed by atoms with Crippen LogP contribution in [0.1, 0.15) is 19.4 Å². The summed E-state index contributed by atoms with van der Waals surface area (Å²) in [5.74, 6) is -0.445. The van der Waals surface area contributed by atoms with Gasteiger partial charge in [-0.2, -0.15) is 0 Å². The molecule has 0 spiro atoms. The van der Waals surface area contributed by atoms with E-state index < -0.39 is 5.82 Å². The first-order valence-corrected chi connectivity index (χ1v) is 6.03. The summed E-state index contributed by atoms with van der Waals surface area (Å²) in [6.45, 7) is 5.74. The molecule has 0 saturated carbocycles. The summed E-state index contributed by atoms with van der Waals surface area (Å²) < 4.78 is 15.8. The molecule has 1 aromatic heterocycles. The van der Waals surface area contributed by atoms with Gasteiger partial charge in [0.25, 0.3) is 0 Å². The number of hydrogen-bond acceptors (Lipinski definition) is 1. The lowest BCUT2D eigenvalue weighted by atomic mass is 10.2. The maximum Gasteiger partial charge on any atom is 0.178 e. The number of rotatable bonds is 3. The molecule has 1 N–H and O–H groups in total. The van der Waals surface area contributed by atoms with Gasteiger partial charge in [-0.05, 0) is 31.6 Å². The number of benzene rings is 1. The van der Waals surface area contributed by atoms with Crippen molar-refractivity contribution in [3.63, 3.8) is 0 Å². The van der Waals surface area contributed by atoms with Gasteiger partial charge in [-0.25, -0.2) is 4.39 Å². The number of nitrogens with one attached hydrogen (secondary N) is 1. The Labute approximate surface area is 109 Å². The van der Waals surface area contributed by atoms with Crippen molar-refractivity contribution in [3.8, 4) is 0 Å². The van der Waals surface area contributed by atoms with E-state index in [2.05, 4.69) is 11.6 Å². The van der Waals surface area contributed by atoms with E-state index in [1.165, 1.54) is 6.07 Å². The molecule has 1 atom stereocenters. The van der Waals surface area contributed by atoms with Crippen molar-refractivity contribution in [2.45, 2.75) is 19.4 Å². The topological polar surface area (TPSA) is 20.7 Å². The number of aromatic nitrogens is 2. The van der Waals surface area contributed by atoms with Gasteiger partial charge in [-0.15, -0.1) is 6.58 Å². The third-order valence-electron chi connectivity index (χ3n) is 2.71. The van der Waals surface area contributed by atoms with Crippen LogP contribution in [0.2, 0.25) is 5.02 Å². The Kier molecular flexibility index (Phi) is 3.35. The number of nitrogens with zero attached hydrogens (tertiary/aromatic N) is 1. The van der Waals surface area contributed by atoms with Gasteiger partial charge in [0, 0.05) is 12.1 Å².